The third-order valence-electron chi connectivity index (χ3n) is 4.96. The molecule has 0 spiro atoms. The standard InChI is InChI=1S/C19H32N2O/c1-4-21-11-10-19(15(2)14-21)20-13-18(12-16(3)22)17-8-6-5-7-9-17/h5-9,15-16,18-20,22H,4,10-14H2,1-3H3. The molecule has 0 amide bonds. The van der Waals surface area contributed by atoms with Crippen LogP contribution in [0.5, 0.6) is 0 Å². The largest absolute Gasteiger partial charge is 0.393 e. The van der Waals surface area contributed by atoms with Crippen LogP contribution in [0.25, 0.3) is 0 Å². The Morgan fingerprint density at radius 2 is 2.05 bits per heavy atom. The number of hydrogen-bond donors (Lipinski definition) is 2. The van der Waals surface area contributed by atoms with Gasteiger partial charge in [-0.15, -0.1) is 0 Å². The minimum Gasteiger partial charge on any atom is -0.393 e. The van der Waals surface area contributed by atoms with E-state index in [4.69, 9.17) is 0 Å². The van der Waals surface area contributed by atoms with Crippen molar-refractivity contribution < 1.29 is 5.11 Å². The lowest BCUT2D eigenvalue weighted by molar-refractivity contribution is 0.146. The number of piperidine rings is 1. The zero-order chi connectivity index (χ0) is 15.9. The van der Waals surface area contributed by atoms with E-state index < -0.39 is 0 Å². The Hall–Kier alpha value is -0.900. The molecule has 1 saturated heterocycles. The van der Waals surface area contributed by atoms with Crippen molar-refractivity contribution in [1.82, 2.24) is 10.2 Å². The van der Waals surface area contributed by atoms with Gasteiger partial charge in [-0.2, -0.15) is 0 Å². The summed E-state index contributed by atoms with van der Waals surface area (Å²) in [7, 11) is 0. The molecule has 22 heavy (non-hydrogen) atoms. The number of likely N-dealkylation sites (tertiary alicyclic amines) is 1. The van der Waals surface area contributed by atoms with Crippen LogP contribution < -0.4 is 5.32 Å². The fraction of sp³-hybridized carbons (Fsp3) is 0.684. The third-order valence-corrected chi connectivity index (χ3v) is 4.96. The second kappa shape index (κ2) is 8.66. The maximum atomic E-state index is 9.81. The van der Waals surface area contributed by atoms with E-state index in [0.29, 0.717) is 17.9 Å². The first-order chi connectivity index (χ1) is 10.6. The van der Waals surface area contributed by atoms with Gasteiger partial charge in [0.05, 0.1) is 6.10 Å². The van der Waals surface area contributed by atoms with Gasteiger partial charge in [0.15, 0.2) is 0 Å². The number of nitrogens with zero attached hydrogens (tertiary/aromatic N) is 1. The van der Waals surface area contributed by atoms with E-state index in [0.717, 1.165) is 19.5 Å². The summed E-state index contributed by atoms with van der Waals surface area (Å²) in [6, 6.07) is 11.2. The summed E-state index contributed by atoms with van der Waals surface area (Å²) in [5.41, 5.74) is 1.33. The topological polar surface area (TPSA) is 35.5 Å². The van der Waals surface area contributed by atoms with Crippen molar-refractivity contribution in [1.29, 1.82) is 0 Å². The molecule has 124 valence electrons. The SMILES string of the molecule is CCN1CCC(NCC(CC(C)O)c2ccccc2)C(C)C1. The van der Waals surface area contributed by atoms with E-state index in [1.807, 2.05) is 6.92 Å². The van der Waals surface area contributed by atoms with Crippen LogP contribution in [0.2, 0.25) is 0 Å². The van der Waals surface area contributed by atoms with E-state index in [2.05, 4.69) is 54.4 Å². The maximum Gasteiger partial charge on any atom is 0.0518 e. The third kappa shape index (κ3) is 5.08. The molecule has 1 heterocycles. The van der Waals surface area contributed by atoms with Crippen LogP contribution in [0.3, 0.4) is 0 Å². The van der Waals surface area contributed by atoms with Crippen molar-refractivity contribution >= 4 is 0 Å². The van der Waals surface area contributed by atoms with Crippen LogP contribution in [-0.2, 0) is 0 Å². The minimum absolute atomic E-state index is 0.258. The molecule has 4 unspecified atom stereocenters. The molecule has 3 nitrogen and oxygen atoms in total. The normalized spacial score (nSPS) is 25.8. The molecule has 1 aliphatic heterocycles. The molecule has 2 rings (SSSR count). The van der Waals surface area contributed by atoms with Crippen LogP contribution in [0, 0.1) is 5.92 Å². The molecule has 1 aromatic carbocycles. The Balaban J connectivity index is 1.91. The summed E-state index contributed by atoms with van der Waals surface area (Å²) in [5.74, 6) is 1.08. The first kappa shape index (κ1) is 17.5. The molecule has 1 fully saturated rings. The highest BCUT2D eigenvalue weighted by atomic mass is 16.3. The Labute approximate surface area is 135 Å². The highest BCUT2D eigenvalue weighted by Crippen LogP contribution is 2.22. The summed E-state index contributed by atoms with van der Waals surface area (Å²) in [4.78, 5) is 2.54. The number of aliphatic hydroxyl groups is 1. The number of rotatable bonds is 7. The Bertz CT molecular complexity index is 421. The molecule has 0 aliphatic carbocycles. The van der Waals surface area contributed by atoms with Gasteiger partial charge in [0, 0.05) is 19.1 Å². The van der Waals surface area contributed by atoms with Crippen molar-refractivity contribution in [3.63, 3.8) is 0 Å². The molecule has 2 N–H and O–H groups in total. The molecule has 1 aromatic rings. The van der Waals surface area contributed by atoms with Gasteiger partial charge in [0.25, 0.3) is 0 Å². The molecular weight excluding hydrogens is 272 g/mol. The quantitative estimate of drug-likeness (QED) is 0.813. The Morgan fingerprint density at radius 1 is 1.32 bits per heavy atom. The molecule has 0 saturated carbocycles. The van der Waals surface area contributed by atoms with Crippen molar-refractivity contribution in [3.8, 4) is 0 Å². The smallest absolute Gasteiger partial charge is 0.0518 e. The summed E-state index contributed by atoms with van der Waals surface area (Å²) >= 11 is 0. The Morgan fingerprint density at radius 3 is 2.64 bits per heavy atom. The second-order valence-corrected chi connectivity index (χ2v) is 6.87. The molecule has 0 radical (unpaired) electrons. The van der Waals surface area contributed by atoms with E-state index in [1.165, 1.54) is 25.1 Å². The fourth-order valence-electron chi connectivity index (χ4n) is 3.59. The highest BCUT2D eigenvalue weighted by Gasteiger charge is 2.26. The van der Waals surface area contributed by atoms with Crippen LogP contribution in [0.15, 0.2) is 30.3 Å². The predicted molar refractivity (Wildman–Crippen MR) is 93.2 cm³/mol. The highest BCUT2D eigenvalue weighted by molar-refractivity contribution is 5.20. The molecule has 3 heteroatoms. The van der Waals surface area contributed by atoms with Crippen LogP contribution in [-0.4, -0.2) is 48.3 Å². The minimum atomic E-state index is -0.258. The molecule has 4 atom stereocenters. The lowest BCUT2D eigenvalue weighted by Crippen LogP contribution is -2.49. The summed E-state index contributed by atoms with van der Waals surface area (Å²) in [6.07, 6.45) is 1.79. The van der Waals surface area contributed by atoms with Gasteiger partial charge in [0.2, 0.25) is 0 Å². The van der Waals surface area contributed by atoms with Crippen LogP contribution >= 0.6 is 0 Å². The molecule has 0 aromatic heterocycles. The van der Waals surface area contributed by atoms with E-state index in [1.54, 1.807) is 0 Å². The number of hydrogen-bond acceptors (Lipinski definition) is 3. The van der Waals surface area contributed by atoms with Gasteiger partial charge in [-0.3, -0.25) is 0 Å². The maximum absolute atomic E-state index is 9.81. The average Bonchev–Trinajstić information content (AvgIpc) is 2.52. The first-order valence-electron chi connectivity index (χ1n) is 8.78. The summed E-state index contributed by atoms with van der Waals surface area (Å²) in [6.45, 7) is 11.0. The molecule has 0 bridgehead atoms. The number of benzene rings is 1. The number of nitrogens with one attached hydrogen (secondary N) is 1. The van der Waals surface area contributed by atoms with Gasteiger partial charge in [0.1, 0.15) is 0 Å². The van der Waals surface area contributed by atoms with Crippen LogP contribution in [0.4, 0.5) is 0 Å². The van der Waals surface area contributed by atoms with Crippen molar-refractivity contribution in [3.05, 3.63) is 35.9 Å². The average molecular weight is 304 g/mol. The van der Waals surface area contributed by atoms with Gasteiger partial charge in [-0.1, -0.05) is 44.2 Å². The Kier molecular flexibility index (Phi) is 6.87. The molecular formula is C19H32N2O. The zero-order valence-electron chi connectivity index (χ0n) is 14.3. The van der Waals surface area contributed by atoms with Gasteiger partial charge < -0.3 is 15.3 Å². The van der Waals surface area contributed by atoms with E-state index in [9.17, 15) is 5.11 Å². The predicted octanol–water partition coefficient (Wildman–Crippen LogP) is 2.86. The molecule has 1 aliphatic rings. The van der Waals surface area contributed by atoms with Crippen molar-refractivity contribution in [2.24, 2.45) is 5.92 Å². The van der Waals surface area contributed by atoms with Crippen molar-refractivity contribution in [2.45, 2.75) is 51.7 Å². The first-order valence-corrected chi connectivity index (χ1v) is 8.78. The van der Waals surface area contributed by atoms with E-state index in [-0.39, 0.29) is 6.10 Å². The van der Waals surface area contributed by atoms with Gasteiger partial charge >= 0.3 is 0 Å². The second-order valence-electron chi connectivity index (χ2n) is 6.87. The lowest BCUT2D eigenvalue weighted by Gasteiger charge is -2.37. The fourth-order valence-corrected chi connectivity index (χ4v) is 3.59. The summed E-state index contributed by atoms with van der Waals surface area (Å²) < 4.78 is 0. The monoisotopic (exact) mass is 304 g/mol. The van der Waals surface area contributed by atoms with Gasteiger partial charge in [-0.25, -0.2) is 0 Å². The number of aliphatic hydroxyl groups excluding tert-OH is 1. The van der Waals surface area contributed by atoms with E-state index >= 15 is 0 Å². The zero-order valence-corrected chi connectivity index (χ0v) is 14.3. The van der Waals surface area contributed by atoms with Crippen molar-refractivity contribution in [2.75, 3.05) is 26.2 Å². The van der Waals surface area contributed by atoms with Gasteiger partial charge in [-0.05, 0) is 50.3 Å². The van der Waals surface area contributed by atoms with Crippen LogP contribution in [0.1, 0.15) is 45.1 Å². The summed E-state index contributed by atoms with van der Waals surface area (Å²) in [5, 5.41) is 13.6. The lowest BCUT2D eigenvalue weighted by atomic mass is 9.90.